The molecule has 1 aromatic carbocycles. The molecule has 1 aliphatic rings. The molecule has 0 aromatic heterocycles. The predicted octanol–water partition coefficient (Wildman–Crippen LogP) is 2.08. The van der Waals surface area contributed by atoms with Crippen molar-refractivity contribution in [2.24, 2.45) is 5.73 Å². The lowest BCUT2D eigenvalue weighted by Gasteiger charge is -2.12. The van der Waals surface area contributed by atoms with Crippen molar-refractivity contribution in [3.63, 3.8) is 0 Å². The van der Waals surface area contributed by atoms with Gasteiger partial charge in [0.25, 0.3) is 5.91 Å². The van der Waals surface area contributed by atoms with Crippen LogP contribution in [0.5, 0.6) is 0 Å². The zero-order valence-electron chi connectivity index (χ0n) is 11.4. The van der Waals surface area contributed by atoms with Gasteiger partial charge in [-0.05, 0) is 56.8 Å². The van der Waals surface area contributed by atoms with Gasteiger partial charge in [0.15, 0.2) is 0 Å². The maximum absolute atomic E-state index is 12.0. The highest BCUT2D eigenvalue weighted by Crippen LogP contribution is 2.21. The van der Waals surface area contributed by atoms with Gasteiger partial charge in [0.1, 0.15) is 6.10 Å². The Balaban J connectivity index is 1.93. The molecule has 0 bridgehead atoms. The summed E-state index contributed by atoms with van der Waals surface area (Å²) in [5, 5.41) is 2.93. The summed E-state index contributed by atoms with van der Waals surface area (Å²) in [6.07, 6.45) is 3.54. The molecule has 0 aliphatic carbocycles. The third kappa shape index (κ3) is 4.04. The second-order valence-corrected chi connectivity index (χ2v) is 5.09. The molecule has 0 spiro atoms. The van der Waals surface area contributed by atoms with Crippen LogP contribution in [0.4, 0.5) is 5.69 Å². The predicted molar refractivity (Wildman–Crippen MR) is 76.0 cm³/mol. The van der Waals surface area contributed by atoms with Gasteiger partial charge < -0.3 is 15.8 Å². The normalized spacial score (nSPS) is 22.4. The Morgan fingerprint density at radius 1 is 1.47 bits per heavy atom. The van der Waals surface area contributed by atoms with Crippen LogP contribution in [0.2, 0.25) is 0 Å². The van der Waals surface area contributed by atoms with Crippen molar-refractivity contribution in [2.45, 2.75) is 44.8 Å². The zero-order valence-corrected chi connectivity index (χ0v) is 11.4. The van der Waals surface area contributed by atoms with E-state index < -0.39 is 0 Å². The highest BCUT2D eigenvalue weighted by molar-refractivity contribution is 5.94. The van der Waals surface area contributed by atoms with E-state index in [2.05, 4.69) is 11.4 Å². The summed E-state index contributed by atoms with van der Waals surface area (Å²) in [6, 6.07) is 7.92. The lowest BCUT2D eigenvalue weighted by atomic mass is 10.1. The van der Waals surface area contributed by atoms with Gasteiger partial charge in [0, 0.05) is 5.69 Å². The number of hydrogen-bond donors (Lipinski definition) is 2. The highest BCUT2D eigenvalue weighted by Gasteiger charge is 2.28. The van der Waals surface area contributed by atoms with Crippen LogP contribution >= 0.6 is 0 Å². The van der Waals surface area contributed by atoms with Gasteiger partial charge in [-0.3, -0.25) is 4.79 Å². The third-order valence-corrected chi connectivity index (χ3v) is 3.39. The van der Waals surface area contributed by atoms with Crippen molar-refractivity contribution in [1.82, 2.24) is 0 Å². The topological polar surface area (TPSA) is 64.4 Å². The fourth-order valence-corrected chi connectivity index (χ4v) is 2.33. The van der Waals surface area contributed by atoms with Gasteiger partial charge in [-0.2, -0.15) is 0 Å². The van der Waals surface area contributed by atoms with E-state index in [1.807, 2.05) is 25.1 Å². The lowest BCUT2D eigenvalue weighted by Crippen LogP contribution is -2.27. The molecule has 2 unspecified atom stereocenters. The second kappa shape index (κ2) is 6.68. The quantitative estimate of drug-likeness (QED) is 0.854. The summed E-state index contributed by atoms with van der Waals surface area (Å²) in [6.45, 7) is 2.69. The Labute approximate surface area is 114 Å². The Kier molecular flexibility index (Phi) is 4.93. The first kappa shape index (κ1) is 14.0. The summed E-state index contributed by atoms with van der Waals surface area (Å²) in [4.78, 5) is 12.0. The van der Waals surface area contributed by atoms with Crippen LogP contribution in [0.15, 0.2) is 24.3 Å². The number of nitrogens with one attached hydrogen (secondary N) is 1. The fourth-order valence-electron chi connectivity index (χ4n) is 2.33. The molecule has 3 N–H and O–H groups in total. The molecule has 1 aliphatic heterocycles. The number of benzene rings is 1. The van der Waals surface area contributed by atoms with Crippen LogP contribution in [0.3, 0.4) is 0 Å². The molecular weight excluding hydrogens is 240 g/mol. The van der Waals surface area contributed by atoms with E-state index in [1.165, 1.54) is 5.56 Å². The number of aryl methyl sites for hydroxylation is 1. The van der Waals surface area contributed by atoms with Gasteiger partial charge in [-0.1, -0.05) is 12.1 Å². The summed E-state index contributed by atoms with van der Waals surface area (Å²) in [7, 11) is 0. The minimum absolute atomic E-state index is 0.0414. The number of amides is 1. The molecule has 4 heteroatoms. The first-order valence-electron chi connectivity index (χ1n) is 6.94. The van der Waals surface area contributed by atoms with Crippen LogP contribution in [0, 0.1) is 0 Å². The van der Waals surface area contributed by atoms with E-state index in [0.717, 1.165) is 31.4 Å². The van der Waals surface area contributed by atoms with Crippen LogP contribution in [0.1, 0.15) is 31.7 Å². The van der Waals surface area contributed by atoms with Crippen molar-refractivity contribution in [3.05, 3.63) is 29.8 Å². The summed E-state index contributed by atoms with van der Waals surface area (Å²) in [5.41, 5.74) is 7.54. The van der Waals surface area contributed by atoms with Gasteiger partial charge in [-0.25, -0.2) is 0 Å². The third-order valence-electron chi connectivity index (χ3n) is 3.39. The van der Waals surface area contributed by atoms with E-state index in [9.17, 15) is 4.79 Å². The number of carbonyl (C=O) groups excluding carboxylic acids is 1. The SMILES string of the molecule is CC1CCC(C(=O)Nc2cccc(CCCN)c2)O1. The zero-order chi connectivity index (χ0) is 13.7. The standard InChI is InChI=1S/C15H22N2O2/c1-11-7-8-14(19-11)15(18)17-13-6-2-4-12(10-13)5-3-9-16/h2,4,6,10-11,14H,3,5,7-9,16H2,1H3,(H,17,18). The van der Waals surface area contributed by atoms with Crippen molar-refractivity contribution >= 4 is 11.6 Å². The van der Waals surface area contributed by atoms with Crippen LogP contribution in [-0.4, -0.2) is 24.7 Å². The number of nitrogens with two attached hydrogens (primary N) is 1. The molecule has 4 nitrogen and oxygen atoms in total. The molecule has 2 rings (SSSR count). The summed E-state index contributed by atoms with van der Waals surface area (Å²) >= 11 is 0. The van der Waals surface area contributed by atoms with Gasteiger partial charge in [0.2, 0.25) is 0 Å². The molecule has 1 fully saturated rings. The Hall–Kier alpha value is -1.39. The first-order chi connectivity index (χ1) is 9.19. The van der Waals surface area contributed by atoms with Crippen molar-refractivity contribution in [3.8, 4) is 0 Å². The van der Waals surface area contributed by atoms with E-state index in [-0.39, 0.29) is 18.1 Å². The Morgan fingerprint density at radius 2 is 2.32 bits per heavy atom. The Morgan fingerprint density at radius 3 is 3.00 bits per heavy atom. The maximum atomic E-state index is 12.0. The molecule has 1 amide bonds. The first-order valence-corrected chi connectivity index (χ1v) is 6.94. The van der Waals surface area contributed by atoms with E-state index >= 15 is 0 Å². The Bertz CT molecular complexity index is 434. The number of rotatable bonds is 5. The van der Waals surface area contributed by atoms with Crippen LogP contribution in [0.25, 0.3) is 0 Å². The minimum atomic E-state index is -0.303. The lowest BCUT2D eigenvalue weighted by molar-refractivity contribution is -0.126. The van der Waals surface area contributed by atoms with Gasteiger partial charge in [-0.15, -0.1) is 0 Å². The largest absolute Gasteiger partial charge is 0.365 e. The van der Waals surface area contributed by atoms with Crippen molar-refractivity contribution in [2.75, 3.05) is 11.9 Å². The molecule has 1 saturated heterocycles. The summed E-state index contributed by atoms with van der Waals surface area (Å²) in [5.74, 6) is -0.0414. The molecular formula is C15H22N2O2. The molecule has 19 heavy (non-hydrogen) atoms. The number of anilines is 1. The monoisotopic (exact) mass is 262 g/mol. The molecule has 2 atom stereocenters. The van der Waals surface area contributed by atoms with E-state index in [0.29, 0.717) is 6.54 Å². The summed E-state index contributed by atoms with van der Waals surface area (Å²) < 4.78 is 5.56. The minimum Gasteiger partial charge on any atom is -0.365 e. The van der Waals surface area contributed by atoms with Crippen molar-refractivity contribution < 1.29 is 9.53 Å². The molecule has 104 valence electrons. The molecule has 0 radical (unpaired) electrons. The fraction of sp³-hybridized carbons (Fsp3) is 0.533. The maximum Gasteiger partial charge on any atom is 0.253 e. The molecule has 1 heterocycles. The van der Waals surface area contributed by atoms with Crippen LogP contribution in [-0.2, 0) is 16.0 Å². The molecule has 1 aromatic rings. The number of ether oxygens (including phenoxy) is 1. The number of hydrogen-bond acceptors (Lipinski definition) is 3. The van der Waals surface area contributed by atoms with Crippen LogP contribution < -0.4 is 11.1 Å². The van der Waals surface area contributed by atoms with E-state index in [1.54, 1.807) is 0 Å². The van der Waals surface area contributed by atoms with E-state index in [4.69, 9.17) is 10.5 Å². The van der Waals surface area contributed by atoms with Crippen molar-refractivity contribution in [1.29, 1.82) is 0 Å². The average molecular weight is 262 g/mol. The highest BCUT2D eigenvalue weighted by atomic mass is 16.5. The molecule has 0 saturated carbocycles. The smallest absolute Gasteiger partial charge is 0.253 e. The van der Waals surface area contributed by atoms with Gasteiger partial charge in [0.05, 0.1) is 6.10 Å². The number of carbonyl (C=O) groups is 1. The van der Waals surface area contributed by atoms with Gasteiger partial charge >= 0.3 is 0 Å². The average Bonchev–Trinajstić information content (AvgIpc) is 2.83. The second-order valence-electron chi connectivity index (χ2n) is 5.09.